The van der Waals surface area contributed by atoms with Gasteiger partial charge in [0.05, 0.1) is 8.69 Å². The van der Waals surface area contributed by atoms with E-state index in [9.17, 15) is 0 Å². The zero-order valence-electron chi connectivity index (χ0n) is 5.36. The molecule has 0 aromatic heterocycles. The van der Waals surface area contributed by atoms with Crippen LogP contribution in [0.25, 0.3) is 0 Å². The molecule has 0 aliphatic rings. The predicted molar refractivity (Wildman–Crippen MR) is 52.3 cm³/mol. The Bertz CT molecular complexity index is 149. The Morgan fingerprint density at radius 3 is 2.11 bits per heavy atom. The molecule has 0 heterocycles. The van der Waals surface area contributed by atoms with Crippen molar-refractivity contribution in [1.82, 2.24) is 5.32 Å². The molecule has 3 N–H and O–H groups in total. The van der Waals surface area contributed by atoms with E-state index in [1.165, 1.54) is 0 Å². The summed E-state index contributed by atoms with van der Waals surface area (Å²) in [5, 5.41) is 2.91. The fourth-order valence-electron chi connectivity index (χ4n) is 0.253. The van der Waals surface area contributed by atoms with Gasteiger partial charge in [0.1, 0.15) is 0 Å². The van der Waals surface area contributed by atoms with Crippen molar-refractivity contribution in [1.29, 1.82) is 0 Å². The fraction of sp³-hybridized carbons (Fsp3) is 0.400. The molecule has 0 aromatic rings. The smallest absolute Gasteiger partial charge is 0.0966 e. The first-order valence-corrected chi connectivity index (χ1v) is 3.92. The molecule has 0 saturated heterocycles. The molecule has 0 fully saturated rings. The maximum Gasteiger partial charge on any atom is 0.0966 e. The van der Waals surface area contributed by atoms with Crippen LogP contribution in [0.2, 0.25) is 0 Å². The summed E-state index contributed by atoms with van der Waals surface area (Å²) in [6.07, 6.45) is 0. The molecule has 0 radical (unpaired) electrons. The highest BCUT2D eigenvalue weighted by Crippen LogP contribution is 2.03. The Balaban J connectivity index is 3.92. The van der Waals surface area contributed by atoms with E-state index in [2.05, 4.69) is 27.9 Å². The van der Waals surface area contributed by atoms with E-state index < -0.39 is 0 Å². The lowest BCUT2D eigenvalue weighted by molar-refractivity contribution is 1.18. The average molecular weight is 256 g/mol. The van der Waals surface area contributed by atoms with Crippen LogP contribution in [-0.2, 0) is 0 Å². The zero-order valence-corrected chi connectivity index (χ0v) is 8.34. The van der Waals surface area contributed by atoms with Crippen molar-refractivity contribution in [2.75, 3.05) is 0 Å². The summed E-state index contributed by atoms with van der Waals surface area (Å²) in [4.78, 5) is 0.740. The molecule has 0 atom stereocenters. The van der Waals surface area contributed by atoms with E-state index in [1.807, 2.05) is 13.8 Å². The van der Waals surface area contributed by atoms with Gasteiger partial charge in [0, 0.05) is 5.70 Å². The molecule has 0 spiro atoms. The summed E-state index contributed by atoms with van der Waals surface area (Å²) < 4.78 is 0.903. The summed E-state index contributed by atoms with van der Waals surface area (Å²) in [6, 6.07) is 0. The summed E-state index contributed by atoms with van der Waals surface area (Å²) >= 11 is 6.89. The lowest BCUT2D eigenvalue weighted by Crippen LogP contribution is -2.16. The highest BCUT2D eigenvalue weighted by molar-refractivity contribution is 14.1. The standard InChI is InChI=1S/C5H9IN2S/c1-3(7)5(6)8-4(2)9/h7H2,1-2H3,(H,8,9)/b5-3-. The van der Waals surface area contributed by atoms with Gasteiger partial charge in [-0.25, -0.2) is 0 Å². The molecule has 0 amide bonds. The second-order valence-corrected chi connectivity index (χ2v) is 3.37. The molecule has 4 heteroatoms. The molecule has 9 heavy (non-hydrogen) atoms. The summed E-state index contributed by atoms with van der Waals surface area (Å²) in [5.41, 5.74) is 6.20. The molecule has 0 aliphatic heterocycles. The van der Waals surface area contributed by atoms with Gasteiger partial charge in [0.15, 0.2) is 0 Å². The van der Waals surface area contributed by atoms with Crippen LogP contribution in [0.1, 0.15) is 13.8 Å². The quantitative estimate of drug-likeness (QED) is 0.424. The van der Waals surface area contributed by atoms with Crippen molar-refractivity contribution in [3.05, 3.63) is 9.40 Å². The van der Waals surface area contributed by atoms with Gasteiger partial charge in [-0.2, -0.15) is 0 Å². The molecule has 0 saturated carbocycles. The SMILES string of the molecule is CC(=S)N/C(I)=C(/C)N. The monoisotopic (exact) mass is 256 g/mol. The minimum atomic E-state index is 0.740. The first-order valence-electron chi connectivity index (χ1n) is 2.43. The minimum Gasteiger partial charge on any atom is -0.400 e. The summed E-state index contributed by atoms with van der Waals surface area (Å²) in [5.74, 6) is 0. The van der Waals surface area contributed by atoms with Gasteiger partial charge in [-0.3, -0.25) is 0 Å². The van der Waals surface area contributed by atoms with Crippen molar-refractivity contribution in [3.8, 4) is 0 Å². The number of halogens is 1. The minimum absolute atomic E-state index is 0.740. The number of hydrogen-bond donors (Lipinski definition) is 2. The van der Waals surface area contributed by atoms with E-state index in [0.717, 1.165) is 14.4 Å². The van der Waals surface area contributed by atoms with E-state index in [4.69, 9.17) is 18.0 Å². The predicted octanol–water partition coefficient (Wildman–Crippen LogP) is 1.51. The summed E-state index contributed by atoms with van der Waals surface area (Å²) in [7, 11) is 0. The topological polar surface area (TPSA) is 38.0 Å². The first kappa shape index (κ1) is 9.16. The Morgan fingerprint density at radius 2 is 2.00 bits per heavy atom. The van der Waals surface area contributed by atoms with Gasteiger partial charge in [-0.1, -0.05) is 12.2 Å². The van der Waals surface area contributed by atoms with Gasteiger partial charge in [-0.05, 0) is 36.4 Å². The maximum atomic E-state index is 5.43. The Hall–Kier alpha value is 0.160. The third kappa shape index (κ3) is 4.65. The molecular formula is C5H9IN2S. The number of nitrogens with one attached hydrogen (secondary N) is 1. The number of hydrogen-bond acceptors (Lipinski definition) is 2. The van der Waals surface area contributed by atoms with E-state index in [1.54, 1.807) is 0 Å². The molecule has 0 rings (SSSR count). The normalized spacial score (nSPS) is 12.3. The highest BCUT2D eigenvalue weighted by atomic mass is 127. The third-order valence-corrected chi connectivity index (χ3v) is 1.85. The molecule has 52 valence electrons. The molecular weight excluding hydrogens is 247 g/mol. The molecule has 2 nitrogen and oxygen atoms in total. The molecule has 0 aliphatic carbocycles. The van der Waals surface area contributed by atoms with E-state index in [-0.39, 0.29) is 0 Å². The van der Waals surface area contributed by atoms with Crippen molar-refractivity contribution in [2.24, 2.45) is 5.73 Å². The van der Waals surface area contributed by atoms with Crippen LogP contribution < -0.4 is 11.1 Å². The lowest BCUT2D eigenvalue weighted by Gasteiger charge is -2.02. The van der Waals surface area contributed by atoms with Crippen molar-refractivity contribution in [2.45, 2.75) is 13.8 Å². The van der Waals surface area contributed by atoms with Crippen molar-refractivity contribution >= 4 is 39.8 Å². The second-order valence-electron chi connectivity index (χ2n) is 1.68. The van der Waals surface area contributed by atoms with Crippen LogP contribution in [0.15, 0.2) is 9.40 Å². The van der Waals surface area contributed by atoms with Gasteiger partial charge < -0.3 is 11.1 Å². The largest absolute Gasteiger partial charge is 0.400 e. The maximum absolute atomic E-state index is 5.43. The van der Waals surface area contributed by atoms with Crippen molar-refractivity contribution in [3.63, 3.8) is 0 Å². The average Bonchev–Trinajstić information content (AvgIpc) is 1.63. The van der Waals surface area contributed by atoms with Crippen LogP contribution in [-0.4, -0.2) is 4.99 Å². The lowest BCUT2D eigenvalue weighted by atomic mass is 10.5. The van der Waals surface area contributed by atoms with Crippen LogP contribution in [0.3, 0.4) is 0 Å². The molecule has 0 bridgehead atoms. The number of nitrogens with two attached hydrogens (primary N) is 1. The van der Waals surface area contributed by atoms with Gasteiger partial charge in [0.2, 0.25) is 0 Å². The van der Waals surface area contributed by atoms with E-state index >= 15 is 0 Å². The van der Waals surface area contributed by atoms with Crippen LogP contribution in [0, 0.1) is 0 Å². The molecule has 0 unspecified atom stereocenters. The number of thiocarbonyl (C=S) groups is 1. The molecule has 0 aromatic carbocycles. The van der Waals surface area contributed by atoms with Crippen LogP contribution in [0.5, 0.6) is 0 Å². The van der Waals surface area contributed by atoms with E-state index in [0.29, 0.717) is 0 Å². The highest BCUT2D eigenvalue weighted by Gasteiger charge is 1.92. The summed E-state index contributed by atoms with van der Waals surface area (Å²) in [6.45, 7) is 3.64. The Morgan fingerprint density at radius 1 is 1.56 bits per heavy atom. The second kappa shape index (κ2) is 4.05. The van der Waals surface area contributed by atoms with Gasteiger partial charge in [0.25, 0.3) is 0 Å². The van der Waals surface area contributed by atoms with Gasteiger partial charge >= 0.3 is 0 Å². The van der Waals surface area contributed by atoms with Crippen molar-refractivity contribution < 1.29 is 0 Å². The first-order chi connectivity index (χ1) is 4.04. The van der Waals surface area contributed by atoms with Gasteiger partial charge in [-0.15, -0.1) is 0 Å². The number of rotatable bonds is 1. The van der Waals surface area contributed by atoms with Crippen LogP contribution >= 0.6 is 34.8 Å². The van der Waals surface area contributed by atoms with Crippen LogP contribution in [0.4, 0.5) is 0 Å². The zero-order chi connectivity index (χ0) is 7.44. The Kier molecular flexibility index (Phi) is 4.12. The number of allylic oxidation sites excluding steroid dienone is 1. The fourth-order valence-corrected chi connectivity index (χ4v) is 0.943. The third-order valence-electron chi connectivity index (χ3n) is 0.632. The Labute approximate surface area is 74.0 Å².